The molecule has 1 amide bonds. The van der Waals surface area contributed by atoms with Crippen molar-refractivity contribution < 1.29 is 32.8 Å². The van der Waals surface area contributed by atoms with Gasteiger partial charge >= 0.3 is 7.82 Å². The van der Waals surface area contributed by atoms with E-state index in [2.05, 4.69) is 27.1 Å². The van der Waals surface area contributed by atoms with E-state index in [9.17, 15) is 14.3 Å². The molecule has 1 aromatic heterocycles. The first-order valence-electron chi connectivity index (χ1n) is 9.51. The Kier molecular flexibility index (Phi) is 9.30. The van der Waals surface area contributed by atoms with Crippen LogP contribution in [-0.2, 0) is 23.4 Å². The van der Waals surface area contributed by atoms with Gasteiger partial charge in [-0.1, -0.05) is 12.1 Å². The predicted molar refractivity (Wildman–Crippen MR) is 120 cm³/mol. The summed E-state index contributed by atoms with van der Waals surface area (Å²) in [6.45, 7) is 4.99. The molecule has 0 aliphatic heterocycles. The number of nitrogen functional groups attached to an aromatic ring is 1. The molecule has 14 heteroatoms. The molecule has 2 rings (SSSR count). The number of ether oxygens (including phenoxy) is 2. The van der Waals surface area contributed by atoms with Crippen molar-refractivity contribution in [2.24, 2.45) is 16.0 Å². The number of carbonyl (C=O) groups excluding carboxylic acids is 1. The minimum Gasteiger partial charge on any atom is -0.469 e. The highest BCUT2D eigenvalue weighted by molar-refractivity contribution is 7.47. The monoisotopic (exact) mass is 480 g/mol. The van der Waals surface area contributed by atoms with E-state index < -0.39 is 14.1 Å². The first-order valence-corrected chi connectivity index (χ1v) is 11.0. The van der Waals surface area contributed by atoms with Gasteiger partial charge in [-0.05, 0) is 37.8 Å². The number of amides is 1. The summed E-state index contributed by atoms with van der Waals surface area (Å²) in [4.78, 5) is 25.7. The molecule has 0 saturated carbocycles. The molecule has 0 radical (unpaired) electrons. The van der Waals surface area contributed by atoms with Crippen LogP contribution in [0, 0.1) is 0 Å². The van der Waals surface area contributed by atoms with Crippen LogP contribution in [0.1, 0.15) is 13.3 Å². The maximum absolute atomic E-state index is 12.3. The van der Waals surface area contributed by atoms with Crippen LogP contribution in [0.25, 0.3) is 0 Å². The molecule has 0 bridgehead atoms. The SMILES string of the molecule is C=C(OC)OC(C)OP(=O)(O)Oc1ccccc1/N=N/c1ccc(NC(=O)CCN)nc1N. The first kappa shape index (κ1) is 25.7. The highest BCUT2D eigenvalue weighted by atomic mass is 31.2. The average molecular weight is 480 g/mol. The Balaban J connectivity index is 2.13. The van der Waals surface area contributed by atoms with Crippen molar-refractivity contribution in [2.75, 3.05) is 24.7 Å². The Bertz CT molecular complexity index is 1060. The van der Waals surface area contributed by atoms with E-state index in [0.717, 1.165) is 0 Å². The van der Waals surface area contributed by atoms with E-state index >= 15 is 0 Å². The minimum absolute atomic E-state index is 0.00297. The van der Waals surface area contributed by atoms with Crippen molar-refractivity contribution >= 4 is 36.7 Å². The number of pyridine rings is 1. The lowest BCUT2D eigenvalue weighted by Crippen LogP contribution is -2.17. The molecule has 2 atom stereocenters. The van der Waals surface area contributed by atoms with Crippen LogP contribution >= 0.6 is 7.82 Å². The Morgan fingerprint density at radius 1 is 1.27 bits per heavy atom. The summed E-state index contributed by atoms with van der Waals surface area (Å²) in [5.41, 5.74) is 11.5. The summed E-state index contributed by atoms with van der Waals surface area (Å²) in [5.74, 6) is -0.246. The fraction of sp³-hybridized carbons (Fsp3) is 0.263. The van der Waals surface area contributed by atoms with Gasteiger partial charge in [-0.3, -0.25) is 9.69 Å². The van der Waals surface area contributed by atoms with Crippen molar-refractivity contribution in [3.8, 4) is 5.75 Å². The van der Waals surface area contributed by atoms with Gasteiger partial charge in [-0.25, -0.2) is 14.1 Å². The van der Waals surface area contributed by atoms with Gasteiger partial charge in [-0.15, -0.1) is 10.2 Å². The van der Waals surface area contributed by atoms with E-state index in [4.69, 9.17) is 30.0 Å². The summed E-state index contributed by atoms with van der Waals surface area (Å²) in [7, 11) is -3.29. The topological polar surface area (TPSA) is 193 Å². The van der Waals surface area contributed by atoms with Crippen LogP contribution in [0.5, 0.6) is 5.75 Å². The molecule has 0 aliphatic carbocycles. The summed E-state index contributed by atoms with van der Waals surface area (Å²) in [6.07, 6.45) is -1.04. The number of methoxy groups -OCH3 is 1. The van der Waals surface area contributed by atoms with Gasteiger partial charge in [0.2, 0.25) is 12.2 Å². The molecule has 2 aromatic rings. The zero-order valence-corrected chi connectivity index (χ0v) is 18.9. The number of para-hydroxylation sites is 1. The second kappa shape index (κ2) is 11.9. The molecule has 0 saturated heterocycles. The van der Waals surface area contributed by atoms with Gasteiger partial charge in [0.25, 0.3) is 5.95 Å². The summed E-state index contributed by atoms with van der Waals surface area (Å²) in [6, 6.07) is 9.07. The van der Waals surface area contributed by atoms with Gasteiger partial charge < -0.3 is 30.8 Å². The van der Waals surface area contributed by atoms with Crippen LogP contribution in [0.4, 0.5) is 23.0 Å². The molecular formula is C19H25N6O7P. The molecule has 1 heterocycles. The zero-order valence-electron chi connectivity index (χ0n) is 18.0. The number of rotatable bonds is 12. The summed E-state index contributed by atoms with van der Waals surface area (Å²) >= 11 is 0. The number of anilines is 2. The number of nitrogens with two attached hydrogens (primary N) is 2. The Hall–Kier alpha value is -3.51. The Morgan fingerprint density at radius 2 is 1.97 bits per heavy atom. The Labute approximate surface area is 190 Å². The smallest absolute Gasteiger partial charge is 0.469 e. The third kappa shape index (κ3) is 8.50. The lowest BCUT2D eigenvalue weighted by molar-refractivity contribution is -0.116. The highest BCUT2D eigenvalue weighted by Crippen LogP contribution is 2.48. The molecule has 1 aromatic carbocycles. The lowest BCUT2D eigenvalue weighted by Gasteiger charge is -2.19. The van der Waals surface area contributed by atoms with E-state index in [1.807, 2.05) is 0 Å². The normalized spacial score (nSPS) is 13.7. The predicted octanol–water partition coefficient (Wildman–Crippen LogP) is 3.34. The summed E-state index contributed by atoms with van der Waals surface area (Å²) < 4.78 is 32.1. The maximum atomic E-state index is 12.3. The molecule has 6 N–H and O–H groups in total. The van der Waals surface area contributed by atoms with E-state index in [0.29, 0.717) is 0 Å². The highest BCUT2D eigenvalue weighted by Gasteiger charge is 2.28. The van der Waals surface area contributed by atoms with Crippen molar-refractivity contribution in [1.29, 1.82) is 0 Å². The van der Waals surface area contributed by atoms with Gasteiger partial charge in [0.15, 0.2) is 11.6 Å². The van der Waals surface area contributed by atoms with E-state index in [1.54, 1.807) is 12.1 Å². The van der Waals surface area contributed by atoms with Crippen LogP contribution in [-0.4, -0.2) is 35.7 Å². The molecule has 33 heavy (non-hydrogen) atoms. The molecule has 0 spiro atoms. The largest absolute Gasteiger partial charge is 0.530 e. The second-order valence-corrected chi connectivity index (χ2v) is 7.61. The van der Waals surface area contributed by atoms with Gasteiger partial charge in [0.05, 0.1) is 7.11 Å². The first-order chi connectivity index (χ1) is 15.6. The van der Waals surface area contributed by atoms with Crippen LogP contribution in [0.3, 0.4) is 0 Å². The molecular weight excluding hydrogens is 455 g/mol. The number of hydrogen-bond acceptors (Lipinski definition) is 11. The fourth-order valence-electron chi connectivity index (χ4n) is 2.27. The van der Waals surface area contributed by atoms with Crippen LogP contribution in [0.15, 0.2) is 59.2 Å². The van der Waals surface area contributed by atoms with Gasteiger partial charge in [0.1, 0.15) is 17.2 Å². The Morgan fingerprint density at radius 3 is 2.64 bits per heavy atom. The standard InChI is InChI=1S/C19H25N6O7P/c1-12(29-3)30-13(2)31-33(27,28)32-16-7-5-4-6-14(16)24-25-15-8-9-17(23-19(15)21)22-18(26)10-11-20/h4-9,13H,1,10-11,20H2,2-3H3,(H,27,28)(H3,21,22,23,26)/b25-24+. The number of phosphoric acid groups is 1. The van der Waals surface area contributed by atoms with Crippen molar-refractivity contribution in [1.82, 2.24) is 4.98 Å². The van der Waals surface area contributed by atoms with Crippen molar-refractivity contribution in [3.63, 3.8) is 0 Å². The molecule has 0 fully saturated rings. The maximum Gasteiger partial charge on any atom is 0.530 e. The number of hydrogen-bond donors (Lipinski definition) is 4. The van der Waals surface area contributed by atoms with Crippen molar-refractivity contribution in [2.45, 2.75) is 19.6 Å². The average Bonchev–Trinajstić information content (AvgIpc) is 2.73. The van der Waals surface area contributed by atoms with Gasteiger partial charge in [0, 0.05) is 13.0 Å². The van der Waals surface area contributed by atoms with E-state index in [-0.39, 0.29) is 53.6 Å². The molecule has 13 nitrogen and oxygen atoms in total. The number of carbonyl (C=O) groups is 1. The number of phosphoric ester groups is 1. The van der Waals surface area contributed by atoms with Crippen LogP contribution < -0.4 is 21.3 Å². The van der Waals surface area contributed by atoms with E-state index in [1.165, 1.54) is 38.3 Å². The van der Waals surface area contributed by atoms with Crippen molar-refractivity contribution in [3.05, 3.63) is 48.9 Å². The number of azo groups is 1. The molecule has 178 valence electrons. The number of nitrogens with one attached hydrogen (secondary N) is 1. The minimum atomic E-state index is -4.60. The number of nitrogens with zero attached hydrogens (tertiary/aromatic N) is 3. The lowest BCUT2D eigenvalue weighted by atomic mass is 10.3. The fourth-order valence-corrected chi connectivity index (χ4v) is 3.14. The number of aromatic nitrogens is 1. The molecule has 0 aliphatic rings. The number of benzene rings is 1. The van der Waals surface area contributed by atoms with Gasteiger partial charge in [-0.2, -0.15) is 0 Å². The van der Waals surface area contributed by atoms with Crippen LogP contribution in [0.2, 0.25) is 0 Å². The zero-order chi connectivity index (χ0) is 24.4. The molecule has 2 unspecified atom stereocenters. The third-order valence-corrected chi connectivity index (χ3v) is 4.68. The second-order valence-electron chi connectivity index (χ2n) is 6.28. The summed E-state index contributed by atoms with van der Waals surface area (Å²) in [5, 5.41) is 10.6. The third-order valence-electron chi connectivity index (χ3n) is 3.69. The quantitative estimate of drug-likeness (QED) is 0.151.